The monoisotopic (exact) mass is 397 g/mol. The number of nitrogens with one attached hydrogen (secondary N) is 1. The number of halogens is 2. The van der Waals surface area contributed by atoms with Crippen LogP contribution < -0.4 is 5.32 Å². The number of aromatic nitrogens is 4. The summed E-state index contributed by atoms with van der Waals surface area (Å²) < 4.78 is 19.9. The minimum absolute atomic E-state index is 0.0463. The first kappa shape index (κ1) is 17.5. The van der Waals surface area contributed by atoms with Gasteiger partial charge in [0.05, 0.1) is 6.33 Å². The van der Waals surface area contributed by atoms with E-state index in [-0.39, 0.29) is 5.28 Å². The normalized spacial score (nSPS) is 38.1. The topological polar surface area (TPSA) is 105 Å². The summed E-state index contributed by atoms with van der Waals surface area (Å²) >= 11 is 6.13. The number of alkyl halides is 1. The molecule has 27 heavy (non-hydrogen) atoms. The molecule has 2 aliphatic carbocycles. The molecule has 0 aromatic carbocycles. The highest BCUT2D eigenvalue weighted by molar-refractivity contribution is 6.28. The Kier molecular flexibility index (Phi) is 4.23. The third-order valence-corrected chi connectivity index (χ3v) is 6.39. The molecule has 3 N–H and O–H groups in total. The van der Waals surface area contributed by atoms with Crippen LogP contribution in [0.25, 0.3) is 11.2 Å². The third-order valence-electron chi connectivity index (χ3n) is 6.22. The van der Waals surface area contributed by atoms with Gasteiger partial charge in [-0.3, -0.25) is 4.57 Å². The largest absolute Gasteiger partial charge is 0.387 e. The molecule has 0 spiro atoms. The van der Waals surface area contributed by atoms with Crippen LogP contribution in [0.1, 0.15) is 31.9 Å². The van der Waals surface area contributed by atoms with Gasteiger partial charge >= 0.3 is 0 Å². The zero-order valence-corrected chi connectivity index (χ0v) is 15.3. The van der Waals surface area contributed by atoms with Gasteiger partial charge in [-0.05, 0) is 42.7 Å². The van der Waals surface area contributed by atoms with E-state index in [1.165, 1.54) is 30.2 Å². The van der Waals surface area contributed by atoms with Crippen molar-refractivity contribution in [2.24, 2.45) is 11.8 Å². The van der Waals surface area contributed by atoms with Crippen LogP contribution >= 0.6 is 11.6 Å². The second-order valence-corrected chi connectivity index (χ2v) is 8.13. The number of fused-ring (bicyclic) bond motifs is 3. The maximum absolute atomic E-state index is 13.0. The van der Waals surface area contributed by atoms with Crippen LogP contribution in [0.3, 0.4) is 0 Å². The van der Waals surface area contributed by atoms with Crippen LogP contribution in [-0.4, -0.2) is 60.8 Å². The van der Waals surface area contributed by atoms with Crippen LogP contribution in [0.2, 0.25) is 5.28 Å². The van der Waals surface area contributed by atoms with E-state index in [9.17, 15) is 14.6 Å². The number of anilines is 1. The molecule has 1 saturated heterocycles. The fraction of sp³-hybridized carbons (Fsp3) is 0.706. The van der Waals surface area contributed by atoms with Gasteiger partial charge in [0.25, 0.3) is 0 Å². The number of ether oxygens (including phenoxy) is 1. The van der Waals surface area contributed by atoms with Crippen LogP contribution in [0, 0.1) is 11.8 Å². The van der Waals surface area contributed by atoms with Crippen molar-refractivity contribution in [3.63, 3.8) is 0 Å². The molecule has 2 aromatic heterocycles. The first-order chi connectivity index (χ1) is 13.0. The minimum atomic E-state index is -1.32. The maximum atomic E-state index is 13.0. The maximum Gasteiger partial charge on any atom is 0.226 e. The molecule has 2 aromatic rings. The van der Waals surface area contributed by atoms with Crippen molar-refractivity contribution < 1.29 is 19.3 Å². The summed E-state index contributed by atoms with van der Waals surface area (Å²) in [5.41, 5.74) is 0.882. The molecule has 0 radical (unpaired) electrons. The van der Waals surface area contributed by atoms with Crippen LogP contribution in [0.15, 0.2) is 6.33 Å². The molecule has 146 valence electrons. The molecule has 5 rings (SSSR count). The summed E-state index contributed by atoms with van der Waals surface area (Å²) in [5.74, 6) is 1.97. The SMILES string of the molecule is O[C@@H]1[C@H](O)[C@@H](CF)O[C@H]1n1cnc2c(N[C@H]3C[C@@H]4CC[C@H]3C4)nc(Cl)nc21. The van der Waals surface area contributed by atoms with E-state index in [1.807, 2.05) is 0 Å². The zero-order valence-electron chi connectivity index (χ0n) is 14.5. The fourth-order valence-electron chi connectivity index (χ4n) is 4.86. The summed E-state index contributed by atoms with van der Waals surface area (Å²) in [6.07, 6.45) is 1.64. The predicted octanol–water partition coefficient (Wildman–Crippen LogP) is 1.67. The molecule has 10 heteroatoms. The van der Waals surface area contributed by atoms with E-state index >= 15 is 0 Å². The van der Waals surface area contributed by atoms with Crippen LogP contribution in [0.4, 0.5) is 10.2 Å². The number of hydrogen-bond acceptors (Lipinski definition) is 7. The molecule has 3 fully saturated rings. The number of aliphatic hydroxyl groups excluding tert-OH is 2. The van der Waals surface area contributed by atoms with Gasteiger partial charge in [-0.2, -0.15) is 9.97 Å². The van der Waals surface area contributed by atoms with Crippen LogP contribution in [0.5, 0.6) is 0 Å². The summed E-state index contributed by atoms with van der Waals surface area (Å²) in [5, 5.41) is 23.7. The second-order valence-electron chi connectivity index (χ2n) is 7.79. The van der Waals surface area contributed by atoms with Crippen molar-refractivity contribution >= 4 is 28.6 Å². The Morgan fingerprint density at radius 2 is 2.11 bits per heavy atom. The summed E-state index contributed by atoms with van der Waals surface area (Å²) in [6, 6.07) is 0.342. The highest BCUT2D eigenvalue weighted by atomic mass is 35.5. The van der Waals surface area contributed by atoms with E-state index < -0.39 is 31.2 Å². The van der Waals surface area contributed by atoms with Crippen molar-refractivity contribution in [2.45, 2.75) is 56.3 Å². The van der Waals surface area contributed by atoms with Gasteiger partial charge in [0.15, 0.2) is 23.2 Å². The second kappa shape index (κ2) is 6.51. The van der Waals surface area contributed by atoms with E-state index in [0.29, 0.717) is 28.9 Å². The molecule has 3 heterocycles. The summed E-state index contributed by atoms with van der Waals surface area (Å²) in [6.45, 7) is -0.895. The predicted molar refractivity (Wildman–Crippen MR) is 95.1 cm³/mol. The van der Waals surface area contributed by atoms with Gasteiger partial charge in [0.1, 0.15) is 25.0 Å². The quantitative estimate of drug-likeness (QED) is 0.674. The average Bonchev–Trinajstić information content (AvgIpc) is 3.41. The molecule has 8 nitrogen and oxygen atoms in total. The van der Waals surface area contributed by atoms with Crippen molar-refractivity contribution in [1.82, 2.24) is 19.5 Å². The highest BCUT2D eigenvalue weighted by Crippen LogP contribution is 2.45. The van der Waals surface area contributed by atoms with Gasteiger partial charge in [0.2, 0.25) is 5.28 Å². The van der Waals surface area contributed by atoms with Crippen molar-refractivity contribution in [2.75, 3.05) is 12.0 Å². The number of rotatable bonds is 4. The van der Waals surface area contributed by atoms with Gasteiger partial charge in [-0.15, -0.1) is 0 Å². The van der Waals surface area contributed by atoms with Crippen molar-refractivity contribution in [3.05, 3.63) is 11.6 Å². The Morgan fingerprint density at radius 1 is 1.26 bits per heavy atom. The van der Waals surface area contributed by atoms with Gasteiger partial charge < -0.3 is 20.3 Å². The van der Waals surface area contributed by atoms with Crippen molar-refractivity contribution in [1.29, 1.82) is 0 Å². The molecular weight excluding hydrogens is 377 g/mol. The minimum Gasteiger partial charge on any atom is -0.387 e. The molecule has 3 aliphatic rings. The van der Waals surface area contributed by atoms with Crippen molar-refractivity contribution in [3.8, 4) is 0 Å². The van der Waals surface area contributed by atoms with Crippen LogP contribution in [-0.2, 0) is 4.74 Å². The first-order valence-electron chi connectivity index (χ1n) is 9.29. The Labute approximate surface area is 159 Å². The van der Waals surface area contributed by atoms with Gasteiger partial charge in [-0.25, -0.2) is 9.37 Å². The lowest BCUT2D eigenvalue weighted by atomic mass is 9.95. The Morgan fingerprint density at radius 3 is 2.78 bits per heavy atom. The lowest BCUT2D eigenvalue weighted by molar-refractivity contribution is -0.0409. The summed E-state index contributed by atoms with van der Waals surface area (Å²) in [4.78, 5) is 12.9. The number of aliphatic hydroxyl groups is 2. The first-order valence-corrected chi connectivity index (χ1v) is 9.67. The van der Waals surface area contributed by atoms with E-state index in [2.05, 4.69) is 20.3 Å². The van der Waals surface area contributed by atoms with E-state index in [4.69, 9.17) is 16.3 Å². The smallest absolute Gasteiger partial charge is 0.226 e. The van der Waals surface area contributed by atoms with E-state index in [0.717, 1.165) is 12.3 Å². The van der Waals surface area contributed by atoms with Gasteiger partial charge in [-0.1, -0.05) is 6.42 Å². The summed E-state index contributed by atoms with van der Waals surface area (Å²) in [7, 11) is 0. The Hall–Kier alpha value is -1.55. The lowest BCUT2D eigenvalue weighted by Gasteiger charge is -2.23. The Balaban J connectivity index is 1.48. The fourth-order valence-corrected chi connectivity index (χ4v) is 5.02. The molecule has 0 unspecified atom stereocenters. The average molecular weight is 398 g/mol. The van der Waals surface area contributed by atoms with E-state index in [1.54, 1.807) is 0 Å². The molecule has 7 atom stereocenters. The lowest BCUT2D eigenvalue weighted by Crippen LogP contribution is -2.32. The standard InChI is InChI=1S/C17H21ClFN5O3/c18-17-22-14(21-9-4-7-1-2-8(9)3-7)11-15(23-17)24(6-20-11)16-13(26)12(25)10(5-19)27-16/h6-10,12-13,16,25-26H,1-5H2,(H,21,22,23)/t7-,8+,9+,10-,12-,13-,16-/m1/s1. The molecule has 1 aliphatic heterocycles. The zero-order chi connectivity index (χ0) is 18.7. The molecular formula is C17H21ClFN5O3. The van der Waals surface area contributed by atoms with Gasteiger partial charge in [0, 0.05) is 6.04 Å². The number of imidazole rings is 1. The molecule has 2 bridgehead atoms. The Bertz CT molecular complexity index is 866. The third kappa shape index (κ3) is 2.79. The molecule has 0 amide bonds. The highest BCUT2D eigenvalue weighted by Gasteiger charge is 2.44. The number of nitrogens with zero attached hydrogens (tertiary/aromatic N) is 4. The molecule has 2 saturated carbocycles. The number of hydrogen-bond donors (Lipinski definition) is 3.